The van der Waals surface area contributed by atoms with Crippen molar-refractivity contribution < 1.29 is 4.79 Å². The molecule has 6 nitrogen and oxygen atoms in total. The summed E-state index contributed by atoms with van der Waals surface area (Å²) in [6, 6.07) is 7.89. The first kappa shape index (κ1) is 14.0. The van der Waals surface area contributed by atoms with Crippen molar-refractivity contribution in [2.75, 3.05) is 19.4 Å². The number of benzene rings is 1. The minimum absolute atomic E-state index is 0.0302. The predicted octanol–water partition coefficient (Wildman–Crippen LogP) is 1.16. The lowest BCUT2D eigenvalue weighted by Gasteiger charge is -2.19. The molecule has 0 saturated heterocycles. The van der Waals surface area contributed by atoms with Gasteiger partial charge in [-0.25, -0.2) is 5.43 Å². The van der Waals surface area contributed by atoms with Crippen LogP contribution in [0.2, 0.25) is 0 Å². The third kappa shape index (κ3) is 3.14. The maximum absolute atomic E-state index is 11.2. The summed E-state index contributed by atoms with van der Waals surface area (Å²) in [7, 11) is 3.53. The van der Waals surface area contributed by atoms with Crippen molar-refractivity contribution in [1.82, 2.24) is 10.7 Å². The van der Waals surface area contributed by atoms with E-state index in [9.17, 15) is 4.79 Å². The quantitative estimate of drug-likeness (QED) is 0.559. The van der Waals surface area contributed by atoms with Crippen molar-refractivity contribution in [3.05, 3.63) is 29.8 Å². The number of aliphatic imine (C=N–C) groups is 1. The SMILES string of the molecule is CN=C(NC)Nc1ccc(C2=NNC(=O)CC2C)cc1. The van der Waals surface area contributed by atoms with Crippen molar-refractivity contribution in [3.8, 4) is 0 Å². The molecule has 20 heavy (non-hydrogen) atoms. The number of nitrogens with zero attached hydrogens (tertiary/aromatic N) is 2. The van der Waals surface area contributed by atoms with Crippen molar-refractivity contribution >= 4 is 23.3 Å². The number of guanidine groups is 1. The summed E-state index contributed by atoms with van der Waals surface area (Å²) in [5.74, 6) is 0.804. The molecule has 1 heterocycles. The van der Waals surface area contributed by atoms with Gasteiger partial charge < -0.3 is 10.6 Å². The molecular formula is C14H19N5O. The van der Waals surface area contributed by atoms with Crippen LogP contribution in [0.5, 0.6) is 0 Å². The molecule has 0 radical (unpaired) electrons. The molecule has 1 amide bonds. The Morgan fingerprint density at radius 2 is 2.10 bits per heavy atom. The lowest BCUT2D eigenvalue weighted by Crippen LogP contribution is -2.32. The smallest absolute Gasteiger partial charge is 0.240 e. The second-order valence-corrected chi connectivity index (χ2v) is 4.66. The van der Waals surface area contributed by atoms with Gasteiger partial charge in [-0.05, 0) is 17.7 Å². The van der Waals surface area contributed by atoms with E-state index in [1.807, 2.05) is 38.2 Å². The van der Waals surface area contributed by atoms with Gasteiger partial charge in [-0.1, -0.05) is 19.1 Å². The van der Waals surface area contributed by atoms with Gasteiger partial charge in [0.05, 0.1) is 5.71 Å². The molecule has 106 valence electrons. The monoisotopic (exact) mass is 273 g/mol. The highest BCUT2D eigenvalue weighted by Crippen LogP contribution is 2.18. The highest BCUT2D eigenvalue weighted by atomic mass is 16.2. The van der Waals surface area contributed by atoms with Crippen molar-refractivity contribution in [1.29, 1.82) is 0 Å². The topological polar surface area (TPSA) is 77.9 Å². The maximum Gasteiger partial charge on any atom is 0.240 e. The Kier molecular flexibility index (Phi) is 4.34. The molecule has 0 saturated carbocycles. The van der Waals surface area contributed by atoms with Crippen LogP contribution in [-0.2, 0) is 4.79 Å². The Morgan fingerprint density at radius 1 is 1.40 bits per heavy atom. The Hall–Kier alpha value is -2.37. The van der Waals surface area contributed by atoms with Crippen molar-refractivity contribution in [3.63, 3.8) is 0 Å². The molecule has 6 heteroatoms. The number of hydrazone groups is 1. The van der Waals surface area contributed by atoms with Crippen LogP contribution >= 0.6 is 0 Å². The van der Waals surface area contributed by atoms with Gasteiger partial charge in [0.1, 0.15) is 0 Å². The van der Waals surface area contributed by atoms with Crippen molar-refractivity contribution in [2.45, 2.75) is 13.3 Å². The Labute approximate surface area is 118 Å². The lowest BCUT2D eigenvalue weighted by atomic mass is 9.94. The Bertz CT molecular complexity index is 547. The van der Waals surface area contributed by atoms with Crippen LogP contribution in [0.3, 0.4) is 0 Å². The average molecular weight is 273 g/mol. The van der Waals surface area contributed by atoms with Crippen LogP contribution < -0.4 is 16.1 Å². The zero-order valence-electron chi connectivity index (χ0n) is 11.9. The van der Waals surface area contributed by atoms with E-state index in [0.29, 0.717) is 12.4 Å². The van der Waals surface area contributed by atoms with E-state index in [1.54, 1.807) is 7.05 Å². The fraction of sp³-hybridized carbons (Fsp3) is 0.357. The first-order valence-corrected chi connectivity index (χ1v) is 6.52. The predicted molar refractivity (Wildman–Crippen MR) is 80.9 cm³/mol. The van der Waals surface area contributed by atoms with E-state index in [1.165, 1.54) is 0 Å². The summed E-state index contributed by atoms with van der Waals surface area (Å²) in [6.07, 6.45) is 0.477. The average Bonchev–Trinajstić information content (AvgIpc) is 2.46. The minimum atomic E-state index is -0.0302. The van der Waals surface area contributed by atoms with E-state index < -0.39 is 0 Å². The summed E-state index contributed by atoms with van der Waals surface area (Å²) in [5.41, 5.74) is 5.40. The molecule has 1 atom stereocenters. The molecule has 0 aliphatic carbocycles. The molecule has 3 N–H and O–H groups in total. The molecule has 1 aromatic rings. The van der Waals surface area contributed by atoms with E-state index >= 15 is 0 Å². The van der Waals surface area contributed by atoms with Gasteiger partial charge in [-0.15, -0.1) is 0 Å². The highest BCUT2D eigenvalue weighted by molar-refractivity contribution is 6.06. The summed E-state index contributed by atoms with van der Waals surface area (Å²) in [6.45, 7) is 2.01. The number of carbonyl (C=O) groups is 1. The summed E-state index contributed by atoms with van der Waals surface area (Å²) < 4.78 is 0. The molecular weight excluding hydrogens is 254 g/mol. The van der Waals surface area contributed by atoms with Gasteiger partial charge in [-0.3, -0.25) is 9.79 Å². The normalized spacial score (nSPS) is 19.1. The molecule has 0 fully saturated rings. The third-order valence-corrected chi connectivity index (χ3v) is 3.16. The number of carbonyl (C=O) groups excluding carboxylic acids is 1. The fourth-order valence-electron chi connectivity index (χ4n) is 2.09. The third-order valence-electron chi connectivity index (χ3n) is 3.16. The number of rotatable bonds is 2. The zero-order chi connectivity index (χ0) is 14.5. The van der Waals surface area contributed by atoms with Crippen LogP contribution in [0.25, 0.3) is 0 Å². The standard InChI is InChI=1S/C14H19N5O/c1-9-8-12(20)18-19-13(9)10-4-6-11(7-5-10)17-14(15-2)16-3/h4-7,9H,8H2,1-3H3,(H,18,20)(H2,15,16,17). The summed E-state index contributed by atoms with van der Waals surface area (Å²) >= 11 is 0. The summed E-state index contributed by atoms with van der Waals surface area (Å²) in [4.78, 5) is 15.3. The fourth-order valence-corrected chi connectivity index (χ4v) is 2.09. The van der Waals surface area contributed by atoms with Gasteiger partial charge >= 0.3 is 0 Å². The zero-order valence-corrected chi connectivity index (χ0v) is 11.9. The van der Waals surface area contributed by atoms with Crippen LogP contribution in [0.4, 0.5) is 5.69 Å². The Morgan fingerprint density at radius 3 is 2.65 bits per heavy atom. The molecule has 0 aromatic heterocycles. The first-order valence-electron chi connectivity index (χ1n) is 6.52. The van der Waals surface area contributed by atoms with Gasteiger partial charge in [0.2, 0.25) is 5.91 Å². The maximum atomic E-state index is 11.2. The number of amides is 1. The minimum Gasteiger partial charge on any atom is -0.359 e. The number of hydrogen-bond acceptors (Lipinski definition) is 3. The van der Waals surface area contributed by atoms with Crippen LogP contribution in [-0.4, -0.2) is 31.7 Å². The lowest BCUT2D eigenvalue weighted by molar-refractivity contribution is -0.121. The second kappa shape index (κ2) is 6.18. The molecule has 1 aliphatic rings. The number of nitrogens with one attached hydrogen (secondary N) is 3. The van der Waals surface area contributed by atoms with Gasteiger partial charge in [0.25, 0.3) is 0 Å². The van der Waals surface area contributed by atoms with E-state index in [4.69, 9.17) is 0 Å². The van der Waals surface area contributed by atoms with E-state index in [-0.39, 0.29) is 11.8 Å². The molecule has 1 aromatic carbocycles. The molecule has 1 aliphatic heterocycles. The van der Waals surface area contributed by atoms with Crippen LogP contribution in [0, 0.1) is 5.92 Å². The Balaban J connectivity index is 2.14. The molecule has 0 bridgehead atoms. The van der Waals surface area contributed by atoms with Gasteiger partial charge in [0, 0.05) is 32.1 Å². The van der Waals surface area contributed by atoms with E-state index in [0.717, 1.165) is 17.0 Å². The van der Waals surface area contributed by atoms with Crippen LogP contribution in [0.15, 0.2) is 34.4 Å². The molecule has 1 unspecified atom stereocenters. The van der Waals surface area contributed by atoms with Crippen molar-refractivity contribution in [2.24, 2.45) is 16.0 Å². The number of anilines is 1. The van der Waals surface area contributed by atoms with Gasteiger partial charge in [0.15, 0.2) is 5.96 Å². The highest BCUT2D eigenvalue weighted by Gasteiger charge is 2.21. The number of hydrogen-bond donors (Lipinski definition) is 3. The van der Waals surface area contributed by atoms with Crippen LogP contribution in [0.1, 0.15) is 18.9 Å². The molecule has 2 rings (SSSR count). The second-order valence-electron chi connectivity index (χ2n) is 4.66. The van der Waals surface area contributed by atoms with Gasteiger partial charge in [-0.2, -0.15) is 5.10 Å². The summed E-state index contributed by atoms with van der Waals surface area (Å²) in [5, 5.41) is 10.3. The largest absolute Gasteiger partial charge is 0.359 e. The van der Waals surface area contributed by atoms with E-state index in [2.05, 4.69) is 26.2 Å². The first-order chi connectivity index (χ1) is 9.63. The molecule has 0 spiro atoms.